The number of benzene rings is 1. The van der Waals surface area contributed by atoms with Crippen LogP contribution in [0.4, 0.5) is 5.82 Å². The van der Waals surface area contributed by atoms with Crippen LogP contribution in [0.1, 0.15) is 17.3 Å². The van der Waals surface area contributed by atoms with Crippen LogP contribution in [0.15, 0.2) is 22.7 Å². The topological polar surface area (TPSA) is 68.1 Å². The molecule has 84 valence electrons. The van der Waals surface area contributed by atoms with Crippen LogP contribution in [0.3, 0.4) is 0 Å². The molecule has 0 fully saturated rings. The van der Waals surface area contributed by atoms with Gasteiger partial charge in [-0.15, -0.1) is 0 Å². The first kappa shape index (κ1) is 11.0. The van der Waals surface area contributed by atoms with Gasteiger partial charge in [-0.1, -0.05) is 12.1 Å². The van der Waals surface area contributed by atoms with Crippen LogP contribution in [-0.4, -0.2) is 17.6 Å². The Morgan fingerprint density at radius 1 is 1.56 bits per heavy atom. The second kappa shape index (κ2) is 4.17. The first-order valence-corrected chi connectivity index (χ1v) is 5.67. The Labute approximate surface area is 101 Å². The summed E-state index contributed by atoms with van der Waals surface area (Å²) in [4.78, 5) is 14.7. The third-order valence-corrected chi connectivity index (χ3v) is 2.95. The number of H-pyrrole nitrogens is 1. The van der Waals surface area contributed by atoms with Crippen molar-refractivity contribution in [2.45, 2.75) is 6.92 Å². The highest BCUT2D eigenvalue weighted by atomic mass is 79.9. The van der Waals surface area contributed by atoms with E-state index in [1.807, 2.05) is 18.2 Å². The molecule has 1 heterocycles. The maximum atomic E-state index is 11.7. The lowest BCUT2D eigenvalue weighted by Crippen LogP contribution is -2.06. The number of nitrogens with two attached hydrogens (primary N) is 1. The zero-order valence-corrected chi connectivity index (χ0v) is 10.3. The Bertz CT molecular complexity index is 548. The molecule has 3 N–H and O–H groups in total. The minimum atomic E-state index is -0.399. The number of hydrogen-bond donors (Lipinski definition) is 2. The number of hydrogen-bond acceptors (Lipinski definition) is 3. The average molecular weight is 283 g/mol. The van der Waals surface area contributed by atoms with Crippen molar-refractivity contribution >= 4 is 38.6 Å². The van der Waals surface area contributed by atoms with Gasteiger partial charge in [0.05, 0.1) is 12.1 Å². The number of para-hydroxylation sites is 1. The van der Waals surface area contributed by atoms with Gasteiger partial charge in [-0.3, -0.25) is 0 Å². The number of esters is 1. The molecular weight excluding hydrogens is 272 g/mol. The van der Waals surface area contributed by atoms with Gasteiger partial charge >= 0.3 is 5.97 Å². The van der Waals surface area contributed by atoms with Crippen LogP contribution < -0.4 is 5.73 Å². The van der Waals surface area contributed by atoms with Crippen LogP contribution in [0, 0.1) is 0 Å². The van der Waals surface area contributed by atoms with Crippen LogP contribution in [0.2, 0.25) is 0 Å². The van der Waals surface area contributed by atoms with Gasteiger partial charge in [0, 0.05) is 9.86 Å². The molecule has 1 aromatic heterocycles. The molecule has 0 unspecified atom stereocenters. The third-order valence-electron chi connectivity index (χ3n) is 2.29. The summed E-state index contributed by atoms with van der Waals surface area (Å²) in [6.07, 6.45) is 0. The predicted molar refractivity (Wildman–Crippen MR) is 66.4 cm³/mol. The highest BCUT2D eigenvalue weighted by molar-refractivity contribution is 9.10. The zero-order chi connectivity index (χ0) is 11.7. The summed E-state index contributed by atoms with van der Waals surface area (Å²) in [6, 6.07) is 5.56. The van der Waals surface area contributed by atoms with Crippen molar-refractivity contribution in [3.8, 4) is 0 Å². The third kappa shape index (κ3) is 1.67. The van der Waals surface area contributed by atoms with Gasteiger partial charge in [-0.2, -0.15) is 0 Å². The smallest absolute Gasteiger partial charge is 0.342 e. The Kier molecular flexibility index (Phi) is 2.87. The van der Waals surface area contributed by atoms with E-state index in [0.29, 0.717) is 18.0 Å². The minimum absolute atomic E-state index is 0.332. The van der Waals surface area contributed by atoms with Crippen molar-refractivity contribution in [3.05, 3.63) is 28.2 Å². The van der Waals surface area contributed by atoms with Gasteiger partial charge in [0.1, 0.15) is 11.4 Å². The molecule has 2 aromatic rings. The molecule has 0 saturated heterocycles. The molecule has 0 saturated carbocycles. The van der Waals surface area contributed by atoms with Crippen molar-refractivity contribution in [1.82, 2.24) is 4.98 Å². The number of nitrogen functional groups attached to an aromatic ring is 1. The number of halogens is 1. The van der Waals surface area contributed by atoms with E-state index < -0.39 is 5.97 Å². The normalized spacial score (nSPS) is 10.6. The average Bonchev–Trinajstić information content (AvgIpc) is 2.56. The zero-order valence-electron chi connectivity index (χ0n) is 8.71. The standard InChI is InChI=1S/C11H11BrN2O2/c1-2-16-11(15)8-6-4-3-5-7(12)9(6)14-10(8)13/h3-5,14H,2,13H2,1H3. The van der Waals surface area contributed by atoms with Crippen molar-refractivity contribution < 1.29 is 9.53 Å². The van der Waals surface area contributed by atoms with E-state index in [2.05, 4.69) is 20.9 Å². The number of anilines is 1. The molecule has 0 atom stereocenters. The lowest BCUT2D eigenvalue weighted by Gasteiger charge is -2.00. The SMILES string of the molecule is CCOC(=O)c1c(N)[nH]c2c(Br)cccc12. The summed E-state index contributed by atoms with van der Waals surface area (Å²) < 4.78 is 5.83. The highest BCUT2D eigenvalue weighted by Crippen LogP contribution is 2.30. The summed E-state index contributed by atoms with van der Waals surface area (Å²) in [5, 5.41) is 0.769. The number of carbonyl (C=O) groups is 1. The Balaban J connectivity index is 2.65. The fraction of sp³-hybridized carbons (Fsp3) is 0.182. The molecule has 0 aliphatic heterocycles. The molecule has 2 rings (SSSR count). The second-order valence-corrected chi connectivity index (χ2v) is 4.15. The maximum Gasteiger partial charge on any atom is 0.342 e. The molecule has 0 aliphatic rings. The van der Waals surface area contributed by atoms with Gasteiger partial charge in [0.2, 0.25) is 0 Å². The minimum Gasteiger partial charge on any atom is -0.462 e. The van der Waals surface area contributed by atoms with E-state index in [1.54, 1.807) is 6.92 Å². The molecule has 0 aliphatic carbocycles. The number of aromatic nitrogens is 1. The van der Waals surface area contributed by atoms with Crippen molar-refractivity contribution in [2.24, 2.45) is 0 Å². The van der Waals surface area contributed by atoms with Crippen molar-refractivity contribution in [2.75, 3.05) is 12.3 Å². The first-order valence-electron chi connectivity index (χ1n) is 4.88. The summed E-state index contributed by atoms with van der Waals surface area (Å²) in [5.41, 5.74) is 6.99. The number of fused-ring (bicyclic) bond motifs is 1. The fourth-order valence-corrected chi connectivity index (χ4v) is 2.09. The van der Waals surface area contributed by atoms with Crippen molar-refractivity contribution in [3.63, 3.8) is 0 Å². The molecule has 4 nitrogen and oxygen atoms in total. The molecular formula is C11H11BrN2O2. The first-order chi connectivity index (χ1) is 7.65. The van der Waals surface area contributed by atoms with Crippen LogP contribution in [0.5, 0.6) is 0 Å². The monoisotopic (exact) mass is 282 g/mol. The number of aromatic amines is 1. The lowest BCUT2D eigenvalue weighted by molar-refractivity contribution is 0.0530. The molecule has 0 radical (unpaired) electrons. The molecule has 5 heteroatoms. The Morgan fingerprint density at radius 3 is 3.00 bits per heavy atom. The van der Waals surface area contributed by atoms with Gasteiger partial charge in [-0.25, -0.2) is 4.79 Å². The molecule has 0 bridgehead atoms. The number of rotatable bonds is 2. The van der Waals surface area contributed by atoms with Gasteiger partial charge < -0.3 is 15.5 Å². The van der Waals surface area contributed by atoms with E-state index in [1.165, 1.54) is 0 Å². The van der Waals surface area contributed by atoms with E-state index in [0.717, 1.165) is 15.4 Å². The van der Waals surface area contributed by atoms with Gasteiger partial charge in [0.25, 0.3) is 0 Å². The van der Waals surface area contributed by atoms with E-state index in [4.69, 9.17) is 10.5 Å². The fourth-order valence-electron chi connectivity index (χ4n) is 1.62. The van der Waals surface area contributed by atoms with Gasteiger partial charge in [0.15, 0.2) is 0 Å². The van der Waals surface area contributed by atoms with E-state index >= 15 is 0 Å². The van der Waals surface area contributed by atoms with Crippen LogP contribution in [0.25, 0.3) is 10.9 Å². The summed E-state index contributed by atoms with van der Waals surface area (Å²) in [7, 11) is 0. The quantitative estimate of drug-likeness (QED) is 0.832. The van der Waals surface area contributed by atoms with E-state index in [9.17, 15) is 4.79 Å². The molecule has 1 aromatic carbocycles. The number of nitrogens with one attached hydrogen (secondary N) is 1. The lowest BCUT2D eigenvalue weighted by atomic mass is 10.1. The van der Waals surface area contributed by atoms with E-state index in [-0.39, 0.29) is 0 Å². The number of ether oxygens (including phenoxy) is 1. The Hall–Kier alpha value is -1.49. The summed E-state index contributed by atoms with van der Waals surface area (Å²) in [6.45, 7) is 2.10. The number of carbonyl (C=O) groups excluding carboxylic acids is 1. The van der Waals surface area contributed by atoms with Gasteiger partial charge in [-0.05, 0) is 28.9 Å². The summed E-state index contributed by atoms with van der Waals surface area (Å²) >= 11 is 3.39. The second-order valence-electron chi connectivity index (χ2n) is 3.30. The maximum absolute atomic E-state index is 11.7. The van der Waals surface area contributed by atoms with Crippen molar-refractivity contribution in [1.29, 1.82) is 0 Å². The van der Waals surface area contributed by atoms with Crippen LogP contribution >= 0.6 is 15.9 Å². The molecule has 16 heavy (non-hydrogen) atoms. The molecule has 0 amide bonds. The predicted octanol–water partition coefficient (Wildman–Crippen LogP) is 2.69. The Morgan fingerprint density at radius 2 is 2.31 bits per heavy atom. The largest absolute Gasteiger partial charge is 0.462 e. The summed E-state index contributed by atoms with van der Waals surface area (Å²) in [5.74, 6) is -0.0651. The molecule has 0 spiro atoms. The van der Waals surface area contributed by atoms with Crippen LogP contribution in [-0.2, 0) is 4.74 Å². The highest BCUT2D eigenvalue weighted by Gasteiger charge is 2.18.